The van der Waals surface area contributed by atoms with Crippen LogP contribution in [0.1, 0.15) is 32.1 Å². The van der Waals surface area contributed by atoms with E-state index >= 15 is 0 Å². The highest BCUT2D eigenvalue weighted by molar-refractivity contribution is 5.76. The fraction of sp³-hybridized carbons (Fsp3) is 0.750. The number of unbranched alkanes of at least 4 members (excludes halogenated alkanes) is 4. The first-order valence-electron chi connectivity index (χ1n) is 4.03. The summed E-state index contributed by atoms with van der Waals surface area (Å²) in [4.78, 5) is 10.0. The van der Waals surface area contributed by atoms with E-state index in [1.54, 1.807) is 0 Å². The van der Waals surface area contributed by atoms with Gasteiger partial charge < -0.3 is 10.8 Å². The summed E-state index contributed by atoms with van der Waals surface area (Å²) < 4.78 is 0. The van der Waals surface area contributed by atoms with Crippen molar-refractivity contribution in [2.75, 3.05) is 6.54 Å². The monoisotopic (exact) mass is 158 g/mol. The molecule has 0 saturated heterocycles. The molecule has 0 aliphatic heterocycles. The standard InChI is InChI=1S/C8H16NO2/c9-7-5-3-1-2-4-6-8(10)11/h6H,1-5,7,9H2,(H,10,11). The van der Waals surface area contributed by atoms with E-state index in [0.717, 1.165) is 32.2 Å². The molecular formula is C8H16NO2. The summed E-state index contributed by atoms with van der Waals surface area (Å²) in [5.74, 6) is -0.816. The SMILES string of the molecule is NCCCCCC[CH]C(=O)O. The minimum atomic E-state index is -0.816. The molecule has 0 aliphatic carbocycles. The van der Waals surface area contributed by atoms with Crippen molar-refractivity contribution in [2.24, 2.45) is 5.73 Å². The van der Waals surface area contributed by atoms with Crippen LogP contribution in [0.25, 0.3) is 0 Å². The lowest BCUT2D eigenvalue weighted by molar-refractivity contribution is -0.133. The molecule has 3 nitrogen and oxygen atoms in total. The summed E-state index contributed by atoms with van der Waals surface area (Å²) in [6.07, 6.45) is 6.20. The van der Waals surface area contributed by atoms with Gasteiger partial charge in [-0.2, -0.15) is 0 Å². The van der Waals surface area contributed by atoms with E-state index in [1.165, 1.54) is 6.42 Å². The van der Waals surface area contributed by atoms with Gasteiger partial charge in [0.1, 0.15) is 0 Å². The molecular weight excluding hydrogens is 142 g/mol. The Morgan fingerprint density at radius 2 is 1.91 bits per heavy atom. The minimum Gasteiger partial charge on any atom is -0.481 e. The van der Waals surface area contributed by atoms with Gasteiger partial charge >= 0.3 is 5.97 Å². The first kappa shape index (κ1) is 10.4. The van der Waals surface area contributed by atoms with E-state index in [9.17, 15) is 4.79 Å². The highest BCUT2D eigenvalue weighted by Crippen LogP contribution is 2.03. The predicted octanol–water partition coefficient (Wildman–Crippen LogP) is 1.18. The molecule has 11 heavy (non-hydrogen) atoms. The van der Waals surface area contributed by atoms with Crippen molar-refractivity contribution in [3.63, 3.8) is 0 Å². The highest BCUT2D eigenvalue weighted by Gasteiger charge is 1.95. The Morgan fingerprint density at radius 3 is 2.45 bits per heavy atom. The minimum absolute atomic E-state index is 0.680. The van der Waals surface area contributed by atoms with Gasteiger partial charge in [0.05, 0.1) is 6.42 Å². The number of rotatable bonds is 7. The van der Waals surface area contributed by atoms with Gasteiger partial charge in [0.2, 0.25) is 0 Å². The van der Waals surface area contributed by atoms with E-state index in [0.29, 0.717) is 6.42 Å². The molecule has 0 heterocycles. The molecule has 0 aromatic carbocycles. The Balaban J connectivity index is 2.85. The molecule has 0 atom stereocenters. The lowest BCUT2D eigenvalue weighted by Crippen LogP contribution is -1.98. The number of hydrogen-bond donors (Lipinski definition) is 2. The van der Waals surface area contributed by atoms with Crippen molar-refractivity contribution < 1.29 is 9.90 Å². The third-order valence-corrected chi connectivity index (χ3v) is 1.48. The maximum atomic E-state index is 10.0. The van der Waals surface area contributed by atoms with Crippen molar-refractivity contribution in [2.45, 2.75) is 32.1 Å². The first-order valence-corrected chi connectivity index (χ1v) is 4.03. The molecule has 0 aromatic rings. The molecule has 0 aromatic heterocycles. The number of carbonyl (C=O) groups is 1. The maximum Gasteiger partial charge on any atom is 0.307 e. The second-order valence-corrected chi connectivity index (χ2v) is 2.53. The Bertz CT molecular complexity index is 104. The van der Waals surface area contributed by atoms with Crippen LogP contribution in [0.2, 0.25) is 0 Å². The zero-order chi connectivity index (χ0) is 8.53. The third-order valence-electron chi connectivity index (χ3n) is 1.48. The average molecular weight is 158 g/mol. The fourth-order valence-corrected chi connectivity index (χ4v) is 0.868. The van der Waals surface area contributed by atoms with Gasteiger partial charge in [0, 0.05) is 0 Å². The van der Waals surface area contributed by atoms with Crippen LogP contribution in [-0.4, -0.2) is 17.6 Å². The maximum absolute atomic E-state index is 10.0. The Labute approximate surface area is 67.6 Å². The van der Waals surface area contributed by atoms with Crippen LogP contribution in [0.15, 0.2) is 0 Å². The molecule has 0 fully saturated rings. The molecule has 0 rings (SSSR count). The number of hydrogen-bond acceptors (Lipinski definition) is 2. The lowest BCUT2D eigenvalue weighted by atomic mass is 10.1. The van der Waals surface area contributed by atoms with Crippen molar-refractivity contribution in [3.8, 4) is 0 Å². The van der Waals surface area contributed by atoms with Crippen LogP contribution in [0.3, 0.4) is 0 Å². The molecule has 3 N–H and O–H groups in total. The molecule has 0 aliphatic rings. The number of carboxylic acid groups (broad SMARTS) is 1. The van der Waals surface area contributed by atoms with E-state index in [1.807, 2.05) is 0 Å². The third kappa shape index (κ3) is 9.43. The van der Waals surface area contributed by atoms with Crippen LogP contribution in [0.5, 0.6) is 0 Å². The molecule has 0 saturated carbocycles. The van der Waals surface area contributed by atoms with Crippen LogP contribution in [-0.2, 0) is 4.79 Å². The topological polar surface area (TPSA) is 63.3 Å². The quantitative estimate of drug-likeness (QED) is 0.547. The van der Waals surface area contributed by atoms with Crippen LogP contribution in [0.4, 0.5) is 0 Å². The molecule has 1 radical (unpaired) electrons. The zero-order valence-electron chi connectivity index (χ0n) is 6.75. The highest BCUT2D eigenvalue weighted by atomic mass is 16.4. The van der Waals surface area contributed by atoms with Gasteiger partial charge in [-0.1, -0.05) is 19.3 Å². The van der Waals surface area contributed by atoms with Crippen molar-refractivity contribution in [1.82, 2.24) is 0 Å². The summed E-state index contributed by atoms with van der Waals surface area (Å²) in [6, 6.07) is 0. The molecule has 3 heteroatoms. The summed E-state index contributed by atoms with van der Waals surface area (Å²) in [5.41, 5.74) is 5.29. The van der Waals surface area contributed by atoms with Crippen LogP contribution >= 0.6 is 0 Å². The van der Waals surface area contributed by atoms with Crippen molar-refractivity contribution in [3.05, 3.63) is 6.42 Å². The zero-order valence-corrected chi connectivity index (χ0v) is 6.75. The second kappa shape index (κ2) is 7.54. The Kier molecular flexibility index (Phi) is 7.15. The van der Waals surface area contributed by atoms with Crippen LogP contribution in [0, 0.1) is 6.42 Å². The Morgan fingerprint density at radius 1 is 1.27 bits per heavy atom. The molecule has 0 unspecified atom stereocenters. The molecule has 0 bridgehead atoms. The second-order valence-electron chi connectivity index (χ2n) is 2.53. The molecule has 0 amide bonds. The summed E-state index contributed by atoms with van der Waals surface area (Å²) in [6.45, 7) is 0.739. The summed E-state index contributed by atoms with van der Waals surface area (Å²) in [5, 5.41) is 8.24. The van der Waals surface area contributed by atoms with Gasteiger partial charge in [0.25, 0.3) is 0 Å². The normalized spacial score (nSPS) is 9.91. The smallest absolute Gasteiger partial charge is 0.307 e. The number of nitrogens with two attached hydrogens (primary N) is 1. The Hall–Kier alpha value is -0.570. The predicted molar refractivity (Wildman–Crippen MR) is 44.1 cm³/mol. The van der Waals surface area contributed by atoms with Crippen molar-refractivity contribution in [1.29, 1.82) is 0 Å². The summed E-state index contributed by atoms with van der Waals surface area (Å²) in [7, 11) is 0. The van der Waals surface area contributed by atoms with E-state index in [-0.39, 0.29) is 0 Å². The van der Waals surface area contributed by atoms with Gasteiger partial charge in [-0.15, -0.1) is 0 Å². The van der Waals surface area contributed by atoms with Crippen molar-refractivity contribution >= 4 is 5.97 Å². The van der Waals surface area contributed by atoms with Crippen LogP contribution < -0.4 is 5.73 Å². The van der Waals surface area contributed by atoms with Gasteiger partial charge in [-0.05, 0) is 19.4 Å². The number of aliphatic carboxylic acids is 1. The molecule has 65 valence electrons. The van der Waals surface area contributed by atoms with Gasteiger partial charge in [0.15, 0.2) is 0 Å². The molecule has 0 spiro atoms. The number of carboxylic acids is 1. The van der Waals surface area contributed by atoms with E-state index in [2.05, 4.69) is 0 Å². The van der Waals surface area contributed by atoms with E-state index < -0.39 is 5.97 Å². The largest absolute Gasteiger partial charge is 0.481 e. The first-order chi connectivity index (χ1) is 5.27. The summed E-state index contributed by atoms with van der Waals surface area (Å²) >= 11 is 0. The van der Waals surface area contributed by atoms with E-state index in [4.69, 9.17) is 10.8 Å². The fourth-order valence-electron chi connectivity index (χ4n) is 0.868. The van der Waals surface area contributed by atoms with Gasteiger partial charge in [-0.3, -0.25) is 4.79 Å². The average Bonchev–Trinajstić information content (AvgIpc) is 1.96. The lowest BCUT2D eigenvalue weighted by Gasteiger charge is -1.96. The van der Waals surface area contributed by atoms with Gasteiger partial charge in [-0.25, -0.2) is 0 Å².